The van der Waals surface area contributed by atoms with Crippen LogP contribution in [0.1, 0.15) is 13.8 Å². The number of hydrogen-bond acceptors (Lipinski definition) is 4. The summed E-state index contributed by atoms with van der Waals surface area (Å²) in [4.78, 5) is 16.3. The Balaban J connectivity index is 1.72. The average molecular weight is 372 g/mol. The number of rotatable bonds is 5. The van der Waals surface area contributed by atoms with Crippen LogP contribution < -0.4 is 10.6 Å². The maximum absolute atomic E-state index is 11.7. The van der Waals surface area contributed by atoms with E-state index in [1.165, 1.54) is 11.3 Å². The van der Waals surface area contributed by atoms with Crippen molar-refractivity contribution in [2.75, 3.05) is 10.6 Å². The SMILES string of the molecule is CC(C)C(=O)Nc1ccc(-c2csc(Nc3ccccc3Cl)n2)cc1. The topological polar surface area (TPSA) is 54.0 Å². The van der Waals surface area contributed by atoms with E-state index >= 15 is 0 Å². The van der Waals surface area contributed by atoms with Crippen molar-refractivity contribution in [3.63, 3.8) is 0 Å². The quantitative estimate of drug-likeness (QED) is 0.595. The van der Waals surface area contributed by atoms with Crippen molar-refractivity contribution < 1.29 is 4.79 Å². The fourth-order valence-electron chi connectivity index (χ4n) is 2.15. The molecule has 0 bridgehead atoms. The Bertz CT molecular complexity index is 874. The Morgan fingerprint density at radius 1 is 1.12 bits per heavy atom. The number of halogens is 1. The van der Waals surface area contributed by atoms with Gasteiger partial charge in [-0.3, -0.25) is 4.79 Å². The van der Waals surface area contributed by atoms with E-state index in [-0.39, 0.29) is 11.8 Å². The second-order valence-electron chi connectivity index (χ2n) is 5.86. The molecule has 0 saturated carbocycles. The minimum atomic E-state index is -0.0448. The lowest BCUT2D eigenvalue weighted by Gasteiger charge is -2.08. The Labute approximate surface area is 155 Å². The zero-order chi connectivity index (χ0) is 17.8. The molecule has 0 saturated heterocycles. The molecule has 3 aromatic rings. The van der Waals surface area contributed by atoms with Gasteiger partial charge in [0.2, 0.25) is 5.91 Å². The van der Waals surface area contributed by atoms with Gasteiger partial charge in [-0.1, -0.05) is 49.7 Å². The van der Waals surface area contributed by atoms with Crippen molar-refractivity contribution in [3.8, 4) is 11.3 Å². The molecule has 1 aromatic heterocycles. The predicted molar refractivity (Wildman–Crippen MR) is 106 cm³/mol. The molecule has 2 aromatic carbocycles. The van der Waals surface area contributed by atoms with E-state index < -0.39 is 0 Å². The fraction of sp³-hybridized carbons (Fsp3) is 0.158. The number of nitrogens with zero attached hydrogens (tertiary/aromatic N) is 1. The summed E-state index contributed by atoms with van der Waals surface area (Å²) >= 11 is 7.67. The molecule has 1 heterocycles. The van der Waals surface area contributed by atoms with Crippen LogP contribution in [-0.2, 0) is 4.79 Å². The van der Waals surface area contributed by atoms with Crippen LogP contribution >= 0.6 is 22.9 Å². The molecule has 6 heteroatoms. The second kappa shape index (κ2) is 7.68. The molecule has 2 N–H and O–H groups in total. The lowest BCUT2D eigenvalue weighted by Crippen LogP contribution is -2.17. The lowest BCUT2D eigenvalue weighted by atomic mass is 10.1. The number of anilines is 3. The first-order chi connectivity index (χ1) is 12.0. The largest absolute Gasteiger partial charge is 0.330 e. The van der Waals surface area contributed by atoms with Gasteiger partial charge in [-0.2, -0.15) is 0 Å². The molecule has 0 aliphatic carbocycles. The van der Waals surface area contributed by atoms with Crippen molar-refractivity contribution in [1.29, 1.82) is 0 Å². The summed E-state index contributed by atoms with van der Waals surface area (Å²) in [7, 11) is 0. The van der Waals surface area contributed by atoms with E-state index in [0.29, 0.717) is 5.02 Å². The summed E-state index contributed by atoms with van der Waals surface area (Å²) in [5.74, 6) is -0.0377. The van der Waals surface area contributed by atoms with Crippen LogP contribution in [0.2, 0.25) is 5.02 Å². The molecular weight excluding hydrogens is 354 g/mol. The van der Waals surface area contributed by atoms with Gasteiger partial charge in [0.15, 0.2) is 5.13 Å². The highest BCUT2D eigenvalue weighted by Crippen LogP contribution is 2.30. The Kier molecular flexibility index (Phi) is 5.36. The van der Waals surface area contributed by atoms with Gasteiger partial charge in [-0.15, -0.1) is 11.3 Å². The number of aromatic nitrogens is 1. The van der Waals surface area contributed by atoms with Gasteiger partial charge in [-0.25, -0.2) is 4.98 Å². The number of carbonyl (C=O) groups is 1. The molecule has 0 spiro atoms. The average Bonchev–Trinajstić information content (AvgIpc) is 3.06. The highest BCUT2D eigenvalue weighted by molar-refractivity contribution is 7.14. The molecule has 0 radical (unpaired) electrons. The molecule has 0 atom stereocenters. The van der Waals surface area contributed by atoms with Crippen LogP contribution in [0.3, 0.4) is 0 Å². The summed E-state index contributed by atoms with van der Waals surface area (Å²) in [6, 6.07) is 15.2. The standard InChI is InChI=1S/C19H18ClN3OS/c1-12(2)18(24)21-14-9-7-13(8-10-14)17-11-25-19(23-17)22-16-6-4-3-5-15(16)20/h3-12H,1-2H3,(H,21,24)(H,22,23). The highest BCUT2D eigenvalue weighted by atomic mass is 35.5. The fourth-order valence-corrected chi connectivity index (χ4v) is 3.07. The molecule has 3 rings (SSSR count). The number of nitrogens with one attached hydrogen (secondary N) is 2. The number of benzene rings is 2. The minimum Gasteiger partial charge on any atom is -0.330 e. The van der Waals surface area contributed by atoms with Crippen LogP contribution in [0.25, 0.3) is 11.3 Å². The number of hydrogen-bond donors (Lipinski definition) is 2. The predicted octanol–water partition coefficient (Wildman–Crippen LogP) is 5.80. The van der Waals surface area contributed by atoms with Crippen LogP contribution in [0, 0.1) is 5.92 Å². The van der Waals surface area contributed by atoms with Gasteiger partial charge < -0.3 is 10.6 Å². The second-order valence-corrected chi connectivity index (χ2v) is 7.13. The molecule has 0 fully saturated rings. The van der Waals surface area contributed by atoms with Crippen molar-refractivity contribution >= 4 is 45.4 Å². The summed E-state index contributed by atoms with van der Waals surface area (Å²) in [6.07, 6.45) is 0. The molecular formula is C19H18ClN3OS. The maximum Gasteiger partial charge on any atom is 0.226 e. The van der Waals surface area contributed by atoms with Crippen LogP contribution in [-0.4, -0.2) is 10.9 Å². The summed E-state index contributed by atoms with van der Waals surface area (Å²) in [6.45, 7) is 3.74. The zero-order valence-electron chi connectivity index (χ0n) is 13.9. The zero-order valence-corrected chi connectivity index (χ0v) is 15.5. The Morgan fingerprint density at radius 2 is 1.84 bits per heavy atom. The number of amides is 1. The molecule has 0 aliphatic heterocycles. The van der Waals surface area contributed by atoms with E-state index in [1.807, 2.05) is 67.8 Å². The molecule has 0 aliphatic rings. The monoisotopic (exact) mass is 371 g/mol. The molecule has 0 unspecified atom stereocenters. The first-order valence-corrected chi connectivity index (χ1v) is 9.17. The third kappa shape index (κ3) is 4.38. The summed E-state index contributed by atoms with van der Waals surface area (Å²) < 4.78 is 0. The van der Waals surface area contributed by atoms with Gasteiger partial charge in [0.25, 0.3) is 0 Å². The van der Waals surface area contributed by atoms with Crippen LogP contribution in [0.4, 0.5) is 16.5 Å². The first kappa shape index (κ1) is 17.5. The number of thiazole rings is 1. The maximum atomic E-state index is 11.7. The van der Waals surface area contributed by atoms with Crippen molar-refractivity contribution in [2.24, 2.45) is 5.92 Å². The Hall–Kier alpha value is -2.37. The van der Waals surface area contributed by atoms with Gasteiger partial charge in [0.1, 0.15) is 0 Å². The van der Waals surface area contributed by atoms with E-state index in [2.05, 4.69) is 15.6 Å². The smallest absolute Gasteiger partial charge is 0.226 e. The van der Waals surface area contributed by atoms with Crippen molar-refractivity contribution in [2.45, 2.75) is 13.8 Å². The molecule has 1 amide bonds. The third-order valence-electron chi connectivity index (χ3n) is 3.59. The van der Waals surface area contributed by atoms with E-state index in [4.69, 9.17) is 11.6 Å². The highest BCUT2D eigenvalue weighted by Gasteiger charge is 2.09. The first-order valence-electron chi connectivity index (χ1n) is 7.91. The Morgan fingerprint density at radius 3 is 2.52 bits per heavy atom. The van der Waals surface area contributed by atoms with Crippen LogP contribution in [0.5, 0.6) is 0 Å². The van der Waals surface area contributed by atoms with Crippen molar-refractivity contribution in [1.82, 2.24) is 4.98 Å². The summed E-state index contributed by atoms with van der Waals surface area (Å²) in [5, 5.41) is 9.53. The normalized spacial score (nSPS) is 10.7. The van der Waals surface area contributed by atoms with E-state index in [9.17, 15) is 4.79 Å². The van der Waals surface area contributed by atoms with E-state index in [0.717, 1.165) is 27.8 Å². The van der Waals surface area contributed by atoms with E-state index in [1.54, 1.807) is 0 Å². The minimum absolute atomic E-state index is 0.00707. The summed E-state index contributed by atoms with van der Waals surface area (Å²) in [5.41, 5.74) is 3.48. The van der Waals surface area contributed by atoms with Gasteiger partial charge in [-0.05, 0) is 24.3 Å². The molecule has 25 heavy (non-hydrogen) atoms. The van der Waals surface area contributed by atoms with Crippen LogP contribution in [0.15, 0.2) is 53.9 Å². The lowest BCUT2D eigenvalue weighted by molar-refractivity contribution is -0.118. The van der Waals surface area contributed by atoms with Gasteiger partial charge in [0.05, 0.1) is 16.4 Å². The molecule has 128 valence electrons. The van der Waals surface area contributed by atoms with Crippen molar-refractivity contribution in [3.05, 3.63) is 58.9 Å². The van der Waals surface area contributed by atoms with Gasteiger partial charge >= 0.3 is 0 Å². The number of para-hydroxylation sites is 1. The molecule has 4 nitrogen and oxygen atoms in total. The van der Waals surface area contributed by atoms with Gasteiger partial charge in [0, 0.05) is 22.5 Å². The number of carbonyl (C=O) groups excluding carboxylic acids is 1. The third-order valence-corrected chi connectivity index (χ3v) is 4.68.